The van der Waals surface area contributed by atoms with Crippen LogP contribution in [0.5, 0.6) is 5.75 Å². The predicted molar refractivity (Wildman–Crippen MR) is 96.9 cm³/mol. The number of phenolic OH excluding ortho intramolecular Hbond substituents is 1. The van der Waals surface area contributed by atoms with Gasteiger partial charge in [0.1, 0.15) is 5.75 Å². The van der Waals surface area contributed by atoms with Gasteiger partial charge in [0, 0.05) is 12.0 Å². The summed E-state index contributed by atoms with van der Waals surface area (Å²) in [5.41, 5.74) is 2.03. The molecule has 0 saturated heterocycles. The van der Waals surface area contributed by atoms with Gasteiger partial charge in [-0.2, -0.15) is 0 Å². The third-order valence-electron chi connectivity index (χ3n) is 4.27. The van der Waals surface area contributed by atoms with E-state index in [0.29, 0.717) is 17.5 Å². The summed E-state index contributed by atoms with van der Waals surface area (Å²) in [7, 11) is 1.37. The lowest BCUT2D eigenvalue weighted by Gasteiger charge is -2.24. The topological polar surface area (TPSA) is 63.6 Å². The zero-order valence-electron chi connectivity index (χ0n) is 14.9. The fourth-order valence-electron chi connectivity index (χ4n) is 2.73. The van der Waals surface area contributed by atoms with Gasteiger partial charge in [-0.3, -0.25) is 4.79 Å². The quantitative estimate of drug-likeness (QED) is 0.599. The molecule has 25 heavy (non-hydrogen) atoms. The summed E-state index contributed by atoms with van der Waals surface area (Å²) in [6.45, 7) is 4.13. The Labute approximate surface area is 148 Å². The van der Waals surface area contributed by atoms with Crippen LogP contribution in [-0.4, -0.2) is 24.0 Å². The fourth-order valence-corrected chi connectivity index (χ4v) is 2.73. The van der Waals surface area contributed by atoms with Crippen LogP contribution in [0.1, 0.15) is 53.0 Å². The van der Waals surface area contributed by atoms with Crippen LogP contribution in [0, 0.1) is 5.41 Å². The summed E-state index contributed by atoms with van der Waals surface area (Å²) in [5.74, 6) is -0.127. The van der Waals surface area contributed by atoms with Crippen molar-refractivity contribution in [3.63, 3.8) is 0 Å². The van der Waals surface area contributed by atoms with E-state index >= 15 is 0 Å². The number of benzene rings is 2. The predicted octanol–water partition coefficient (Wildman–Crippen LogP) is 4.41. The van der Waals surface area contributed by atoms with Crippen molar-refractivity contribution < 1.29 is 19.4 Å². The summed E-state index contributed by atoms with van der Waals surface area (Å²) in [6, 6.07) is 13.7. The first-order chi connectivity index (χ1) is 11.8. The SMILES string of the molecule is COC(=O)c1cccc(CCC(C)(C)CC(=O)c2ccc(O)cc2)c1. The second-order valence-corrected chi connectivity index (χ2v) is 7.00. The minimum atomic E-state index is -0.344. The Balaban J connectivity index is 1.98. The van der Waals surface area contributed by atoms with E-state index in [9.17, 15) is 14.7 Å². The van der Waals surface area contributed by atoms with Crippen LogP contribution >= 0.6 is 0 Å². The number of methoxy groups -OCH3 is 1. The van der Waals surface area contributed by atoms with Crippen LogP contribution in [-0.2, 0) is 11.2 Å². The standard InChI is InChI=1S/C21H24O4/c1-21(2,14-19(23)16-7-9-18(22)10-8-16)12-11-15-5-4-6-17(13-15)20(24)25-3/h4-10,13,22H,11-12,14H2,1-3H3. The van der Waals surface area contributed by atoms with E-state index in [1.54, 1.807) is 18.2 Å². The van der Waals surface area contributed by atoms with Crippen LogP contribution in [0.25, 0.3) is 0 Å². The molecule has 0 aliphatic heterocycles. The van der Waals surface area contributed by atoms with Gasteiger partial charge in [0.25, 0.3) is 0 Å². The molecule has 0 spiro atoms. The summed E-state index contributed by atoms with van der Waals surface area (Å²) >= 11 is 0. The Morgan fingerprint density at radius 1 is 1.04 bits per heavy atom. The van der Waals surface area contributed by atoms with Crippen molar-refractivity contribution >= 4 is 11.8 Å². The van der Waals surface area contributed by atoms with Gasteiger partial charge >= 0.3 is 5.97 Å². The first-order valence-corrected chi connectivity index (χ1v) is 8.30. The van der Waals surface area contributed by atoms with E-state index in [0.717, 1.165) is 18.4 Å². The molecular weight excluding hydrogens is 316 g/mol. The second-order valence-electron chi connectivity index (χ2n) is 7.00. The molecular formula is C21H24O4. The number of hydrogen-bond donors (Lipinski definition) is 1. The number of rotatable bonds is 7. The van der Waals surface area contributed by atoms with Crippen LogP contribution in [0.15, 0.2) is 48.5 Å². The zero-order chi connectivity index (χ0) is 18.4. The Hall–Kier alpha value is -2.62. The van der Waals surface area contributed by atoms with Crippen molar-refractivity contribution in [2.45, 2.75) is 33.1 Å². The third kappa shape index (κ3) is 5.45. The molecule has 0 amide bonds. The summed E-state index contributed by atoms with van der Waals surface area (Å²) in [4.78, 5) is 24.0. The number of carbonyl (C=O) groups is 2. The van der Waals surface area contributed by atoms with Gasteiger partial charge in [0.05, 0.1) is 12.7 Å². The van der Waals surface area contributed by atoms with Crippen LogP contribution in [0.2, 0.25) is 0 Å². The van der Waals surface area contributed by atoms with Gasteiger partial charge in [-0.25, -0.2) is 4.79 Å². The highest BCUT2D eigenvalue weighted by molar-refractivity contribution is 5.96. The van der Waals surface area contributed by atoms with Gasteiger partial charge in [-0.15, -0.1) is 0 Å². The number of Topliss-reactive ketones (excluding diaryl/α,β-unsaturated/α-hetero) is 1. The van der Waals surface area contributed by atoms with E-state index in [2.05, 4.69) is 13.8 Å². The summed E-state index contributed by atoms with van der Waals surface area (Å²) in [5, 5.41) is 9.32. The van der Waals surface area contributed by atoms with Crippen LogP contribution in [0.3, 0.4) is 0 Å². The molecule has 4 nitrogen and oxygen atoms in total. The number of hydrogen-bond acceptors (Lipinski definition) is 4. The molecule has 0 aliphatic carbocycles. The molecule has 0 saturated carbocycles. The monoisotopic (exact) mass is 340 g/mol. The number of aryl methyl sites for hydroxylation is 1. The van der Waals surface area contributed by atoms with Crippen molar-refractivity contribution in [2.24, 2.45) is 5.41 Å². The lowest BCUT2D eigenvalue weighted by atomic mass is 9.80. The van der Waals surface area contributed by atoms with E-state index < -0.39 is 0 Å². The molecule has 2 rings (SSSR count). The second kappa shape index (κ2) is 7.97. The molecule has 0 bridgehead atoms. The first kappa shape index (κ1) is 18.7. The highest BCUT2D eigenvalue weighted by Gasteiger charge is 2.23. The Morgan fingerprint density at radius 3 is 2.36 bits per heavy atom. The molecule has 0 aliphatic rings. The minimum absolute atomic E-state index is 0.0633. The number of ether oxygens (including phenoxy) is 1. The molecule has 0 aromatic heterocycles. The highest BCUT2D eigenvalue weighted by atomic mass is 16.5. The normalized spacial score (nSPS) is 11.2. The Morgan fingerprint density at radius 2 is 1.72 bits per heavy atom. The third-order valence-corrected chi connectivity index (χ3v) is 4.27. The smallest absolute Gasteiger partial charge is 0.337 e. The fraction of sp³-hybridized carbons (Fsp3) is 0.333. The molecule has 0 fully saturated rings. The van der Waals surface area contributed by atoms with E-state index in [1.807, 2.05) is 18.2 Å². The zero-order valence-corrected chi connectivity index (χ0v) is 14.9. The average molecular weight is 340 g/mol. The molecule has 0 radical (unpaired) electrons. The molecule has 4 heteroatoms. The van der Waals surface area contributed by atoms with E-state index in [1.165, 1.54) is 19.2 Å². The van der Waals surface area contributed by atoms with Crippen LogP contribution < -0.4 is 0 Å². The van der Waals surface area contributed by atoms with Gasteiger partial charge < -0.3 is 9.84 Å². The number of esters is 1. The molecule has 0 unspecified atom stereocenters. The maximum absolute atomic E-state index is 12.4. The van der Waals surface area contributed by atoms with Gasteiger partial charge in [0.15, 0.2) is 5.78 Å². The number of ketones is 1. The van der Waals surface area contributed by atoms with Crippen molar-refractivity contribution in [3.05, 3.63) is 65.2 Å². The van der Waals surface area contributed by atoms with E-state index in [4.69, 9.17) is 4.74 Å². The van der Waals surface area contributed by atoms with Gasteiger partial charge in [0.2, 0.25) is 0 Å². The van der Waals surface area contributed by atoms with E-state index in [-0.39, 0.29) is 22.9 Å². The Bertz CT molecular complexity index is 745. The molecule has 0 atom stereocenters. The summed E-state index contributed by atoms with van der Waals surface area (Å²) < 4.78 is 4.75. The maximum Gasteiger partial charge on any atom is 0.337 e. The van der Waals surface area contributed by atoms with Gasteiger partial charge in [-0.1, -0.05) is 26.0 Å². The highest BCUT2D eigenvalue weighted by Crippen LogP contribution is 2.29. The molecule has 1 N–H and O–H groups in total. The van der Waals surface area contributed by atoms with Gasteiger partial charge in [-0.05, 0) is 60.2 Å². The first-order valence-electron chi connectivity index (χ1n) is 8.30. The maximum atomic E-state index is 12.4. The van der Waals surface area contributed by atoms with Crippen molar-refractivity contribution in [1.29, 1.82) is 0 Å². The molecule has 2 aromatic carbocycles. The summed E-state index contributed by atoms with van der Waals surface area (Å²) in [6.07, 6.45) is 2.02. The van der Waals surface area contributed by atoms with Crippen molar-refractivity contribution in [3.8, 4) is 5.75 Å². The number of aromatic hydroxyl groups is 1. The molecule has 132 valence electrons. The van der Waals surface area contributed by atoms with Crippen LogP contribution in [0.4, 0.5) is 0 Å². The average Bonchev–Trinajstić information content (AvgIpc) is 2.60. The number of phenols is 1. The molecule has 2 aromatic rings. The lowest BCUT2D eigenvalue weighted by Crippen LogP contribution is -2.18. The molecule has 0 heterocycles. The Kier molecular flexibility index (Phi) is 5.97. The minimum Gasteiger partial charge on any atom is -0.508 e. The van der Waals surface area contributed by atoms with Crippen molar-refractivity contribution in [1.82, 2.24) is 0 Å². The van der Waals surface area contributed by atoms with Crippen molar-refractivity contribution in [2.75, 3.05) is 7.11 Å². The number of carbonyl (C=O) groups excluding carboxylic acids is 2. The lowest BCUT2D eigenvalue weighted by molar-refractivity contribution is 0.0600. The largest absolute Gasteiger partial charge is 0.508 e.